The number of amides is 1. The lowest BCUT2D eigenvalue weighted by Gasteiger charge is -2.16. The Hall–Kier alpha value is -3.73. The van der Waals surface area contributed by atoms with Crippen LogP contribution in [0.5, 0.6) is 5.75 Å². The summed E-state index contributed by atoms with van der Waals surface area (Å²) in [5.41, 5.74) is 0.817. The van der Waals surface area contributed by atoms with Gasteiger partial charge in [-0.2, -0.15) is 5.10 Å². The maximum atomic E-state index is 12.6. The molecular weight excluding hydrogens is 436 g/mol. The molecule has 32 heavy (non-hydrogen) atoms. The first-order chi connectivity index (χ1) is 15.1. The highest BCUT2D eigenvalue weighted by atomic mass is 32.2. The summed E-state index contributed by atoms with van der Waals surface area (Å²) in [6.45, 7) is 0.719. The molecule has 3 rings (SSSR count). The van der Waals surface area contributed by atoms with Crippen molar-refractivity contribution in [3.63, 3.8) is 0 Å². The van der Waals surface area contributed by atoms with Gasteiger partial charge in [0.1, 0.15) is 5.75 Å². The normalized spacial score (nSPS) is 11.2. The number of carbonyl (C=O) groups is 1. The number of ether oxygens (including phenoxy) is 1. The summed E-state index contributed by atoms with van der Waals surface area (Å²) >= 11 is 0. The highest BCUT2D eigenvalue weighted by molar-refractivity contribution is 7.90. The minimum atomic E-state index is -3.31. The second-order valence-corrected chi connectivity index (χ2v) is 9.11. The van der Waals surface area contributed by atoms with E-state index in [4.69, 9.17) is 4.74 Å². The van der Waals surface area contributed by atoms with Gasteiger partial charge in [0.25, 0.3) is 11.6 Å². The van der Waals surface area contributed by atoms with Crippen molar-refractivity contribution < 1.29 is 22.9 Å². The fourth-order valence-corrected chi connectivity index (χ4v) is 3.55. The van der Waals surface area contributed by atoms with Crippen molar-refractivity contribution in [3.8, 4) is 11.4 Å². The van der Waals surface area contributed by atoms with E-state index >= 15 is 0 Å². The number of hydrogen-bond acceptors (Lipinski definition) is 7. The van der Waals surface area contributed by atoms with Gasteiger partial charge >= 0.3 is 0 Å². The maximum Gasteiger partial charge on any atom is 0.274 e. The number of hydrogen-bond donors (Lipinski definition) is 0. The highest BCUT2D eigenvalue weighted by Gasteiger charge is 2.15. The van der Waals surface area contributed by atoms with Gasteiger partial charge in [0.15, 0.2) is 15.5 Å². The molecular formula is C21H22N4O6S. The zero-order chi connectivity index (χ0) is 23.3. The molecule has 0 N–H and O–H groups in total. The molecule has 1 amide bonds. The predicted molar refractivity (Wildman–Crippen MR) is 117 cm³/mol. The molecule has 0 bridgehead atoms. The minimum absolute atomic E-state index is 0.0257. The molecule has 0 saturated carbocycles. The van der Waals surface area contributed by atoms with Gasteiger partial charge in [0.2, 0.25) is 0 Å². The number of nitro benzene ring substituents is 1. The SMILES string of the molecule is CN(CCCOc1cccc(S(C)(=O)=O)c1)C(=O)c1ccn(-c2ccc([N+](=O)[O-])cc2)n1. The van der Waals surface area contributed by atoms with E-state index in [-0.39, 0.29) is 22.2 Å². The number of non-ortho nitro benzene ring substituents is 1. The fraction of sp³-hybridized carbons (Fsp3) is 0.238. The molecule has 0 saturated heterocycles. The standard InChI is InChI=1S/C21H22N4O6S/c1-23(12-4-14-31-18-5-3-6-19(15-18)32(2,29)30)21(26)20-11-13-24(22-20)16-7-9-17(10-8-16)25(27)28/h3,5-11,13,15H,4,12,14H2,1-2H3. The van der Waals surface area contributed by atoms with Gasteiger partial charge in [-0.05, 0) is 42.8 Å². The summed E-state index contributed by atoms with van der Waals surface area (Å²) in [7, 11) is -1.66. The summed E-state index contributed by atoms with van der Waals surface area (Å²) < 4.78 is 30.3. The highest BCUT2D eigenvalue weighted by Crippen LogP contribution is 2.18. The Bertz CT molecular complexity index is 1220. The van der Waals surface area contributed by atoms with Crippen molar-refractivity contribution in [2.75, 3.05) is 26.5 Å². The van der Waals surface area contributed by atoms with Crippen molar-refractivity contribution in [2.24, 2.45) is 0 Å². The van der Waals surface area contributed by atoms with E-state index in [1.807, 2.05) is 0 Å². The van der Waals surface area contributed by atoms with Crippen molar-refractivity contribution in [2.45, 2.75) is 11.3 Å². The largest absolute Gasteiger partial charge is 0.493 e. The lowest BCUT2D eigenvalue weighted by Crippen LogP contribution is -2.29. The number of aromatic nitrogens is 2. The zero-order valence-electron chi connectivity index (χ0n) is 17.5. The Morgan fingerprint density at radius 2 is 1.91 bits per heavy atom. The maximum absolute atomic E-state index is 12.6. The molecule has 3 aromatic rings. The minimum Gasteiger partial charge on any atom is -0.493 e. The van der Waals surface area contributed by atoms with Crippen LogP contribution in [0.15, 0.2) is 65.7 Å². The van der Waals surface area contributed by atoms with Crippen LogP contribution in [0.4, 0.5) is 5.69 Å². The third-order valence-corrected chi connectivity index (χ3v) is 5.73. The van der Waals surface area contributed by atoms with Crippen LogP contribution in [-0.2, 0) is 9.84 Å². The summed E-state index contributed by atoms with van der Waals surface area (Å²) in [4.78, 5) is 24.6. The van der Waals surface area contributed by atoms with Gasteiger partial charge in [0, 0.05) is 38.2 Å². The van der Waals surface area contributed by atoms with Crippen LogP contribution in [0.2, 0.25) is 0 Å². The predicted octanol–water partition coefficient (Wildman–Crippen LogP) is 2.73. The van der Waals surface area contributed by atoms with Crippen LogP contribution in [0, 0.1) is 10.1 Å². The Labute approximate surface area is 185 Å². The van der Waals surface area contributed by atoms with Crippen LogP contribution in [0.3, 0.4) is 0 Å². The van der Waals surface area contributed by atoms with E-state index in [1.54, 1.807) is 43.6 Å². The fourth-order valence-electron chi connectivity index (χ4n) is 2.89. The molecule has 0 aliphatic rings. The first-order valence-electron chi connectivity index (χ1n) is 9.64. The van der Waals surface area contributed by atoms with Gasteiger partial charge in [-0.25, -0.2) is 13.1 Å². The lowest BCUT2D eigenvalue weighted by atomic mass is 10.3. The van der Waals surface area contributed by atoms with Crippen LogP contribution in [0.25, 0.3) is 5.69 Å². The molecule has 168 valence electrons. The number of nitro groups is 1. The Morgan fingerprint density at radius 1 is 1.19 bits per heavy atom. The molecule has 0 aliphatic carbocycles. The van der Waals surface area contributed by atoms with E-state index in [0.29, 0.717) is 31.0 Å². The van der Waals surface area contributed by atoms with E-state index < -0.39 is 14.8 Å². The Morgan fingerprint density at radius 3 is 2.56 bits per heavy atom. The monoisotopic (exact) mass is 458 g/mol. The molecule has 0 aliphatic heterocycles. The van der Waals surface area contributed by atoms with Crippen LogP contribution >= 0.6 is 0 Å². The van der Waals surface area contributed by atoms with Crippen LogP contribution in [0.1, 0.15) is 16.9 Å². The third-order valence-electron chi connectivity index (χ3n) is 4.62. The van der Waals surface area contributed by atoms with Crippen molar-refractivity contribution in [1.29, 1.82) is 0 Å². The zero-order valence-corrected chi connectivity index (χ0v) is 18.4. The summed E-state index contributed by atoms with van der Waals surface area (Å²) in [6.07, 6.45) is 3.28. The molecule has 10 nitrogen and oxygen atoms in total. The number of rotatable bonds is 9. The molecule has 0 fully saturated rings. The summed E-state index contributed by atoms with van der Waals surface area (Å²) in [5.74, 6) is 0.175. The van der Waals surface area contributed by atoms with Gasteiger partial charge in [-0.15, -0.1) is 0 Å². The topological polar surface area (TPSA) is 125 Å². The first kappa shape index (κ1) is 22.9. The number of carbonyl (C=O) groups excluding carboxylic acids is 1. The van der Waals surface area contributed by atoms with Crippen molar-refractivity contribution in [3.05, 3.63) is 76.6 Å². The van der Waals surface area contributed by atoms with Gasteiger partial charge in [0.05, 0.1) is 22.1 Å². The van der Waals surface area contributed by atoms with Gasteiger partial charge in [-0.3, -0.25) is 14.9 Å². The first-order valence-corrected chi connectivity index (χ1v) is 11.5. The molecule has 0 radical (unpaired) electrons. The van der Waals surface area contributed by atoms with Gasteiger partial charge < -0.3 is 9.64 Å². The molecule has 0 atom stereocenters. The van der Waals surface area contributed by atoms with Gasteiger partial charge in [-0.1, -0.05) is 6.07 Å². The van der Waals surface area contributed by atoms with Crippen molar-refractivity contribution >= 4 is 21.4 Å². The number of benzene rings is 2. The molecule has 2 aromatic carbocycles. The Balaban J connectivity index is 1.52. The van der Waals surface area contributed by atoms with E-state index in [1.165, 1.54) is 33.8 Å². The summed E-state index contributed by atoms with van der Waals surface area (Å²) in [5, 5.41) is 15.0. The van der Waals surface area contributed by atoms with E-state index in [9.17, 15) is 23.3 Å². The quantitative estimate of drug-likeness (QED) is 0.274. The Kier molecular flexibility index (Phi) is 6.89. The second kappa shape index (κ2) is 9.60. The van der Waals surface area contributed by atoms with Crippen molar-refractivity contribution in [1.82, 2.24) is 14.7 Å². The molecule has 0 unspecified atom stereocenters. The van der Waals surface area contributed by atoms with E-state index in [0.717, 1.165) is 6.26 Å². The number of nitrogens with zero attached hydrogens (tertiary/aromatic N) is 4. The van der Waals surface area contributed by atoms with Crippen LogP contribution in [-0.4, -0.2) is 60.4 Å². The molecule has 11 heteroatoms. The smallest absolute Gasteiger partial charge is 0.274 e. The van der Waals surface area contributed by atoms with Crippen LogP contribution < -0.4 is 4.74 Å². The molecule has 0 spiro atoms. The summed E-state index contributed by atoms with van der Waals surface area (Å²) in [6, 6.07) is 13.7. The molecule has 1 aromatic heterocycles. The lowest BCUT2D eigenvalue weighted by molar-refractivity contribution is -0.384. The number of sulfone groups is 1. The third kappa shape index (κ3) is 5.70. The van der Waals surface area contributed by atoms with E-state index in [2.05, 4.69) is 5.10 Å². The average Bonchev–Trinajstić information content (AvgIpc) is 3.26. The molecule has 1 heterocycles. The average molecular weight is 458 g/mol. The second-order valence-electron chi connectivity index (χ2n) is 7.09.